The third-order valence-electron chi connectivity index (χ3n) is 0.681. The van der Waals surface area contributed by atoms with Crippen molar-refractivity contribution in [1.29, 1.82) is 0 Å². The van der Waals surface area contributed by atoms with Gasteiger partial charge in [0.15, 0.2) is 5.78 Å². The van der Waals surface area contributed by atoms with Crippen molar-refractivity contribution in [1.82, 2.24) is 0 Å². The van der Waals surface area contributed by atoms with Gasteiger partial charge < -0.3 is 0 Å². The number of carbonyl (C=O) groups is 1. The van der Waals surface area contributed by atoms with E-state index in [1.165, 1.54) is 19.8 Å². The van der Waals surface area contributed by atoms with Crippen LogP contribution >= 0.6 is 0 Å². The highest BCUT2D eigenvalue weighted by Gasteiger charge is 1.92. The number of hydrogen-bond acceptors (Lipinski definition) is 2. The average Bonchev–Trinajstić information content (AvgIpc) is 1.65. The van der Waals surface area contributed by atoms with Gasteiger partial charge in [-0.2, -0.15) is 0 Å². The molecule has 0 radical (unpaired) electrons. The molecule has 0 aromatic carbocycles. The van der Waals surface area contributed by atoms with E-state index < -0.39 is 0 Å². The van der Waals surface area contributed by atoms with Gasteiger partial charge in [0.05, 0.1) is 5.57 Å². The minimum Gasteiger partial charge on any atom is -0.294 e. The number of ketones is 1. The Labute approximate surface area is 41.8 Å². The smallest absolute Gasteiger partial charge is 0.166 e. The molecule has 0 saturated carbocycles. The summed E-state index contributed by atoms with van der Waals surface area (Å²) in [6, 6.07) is 0. The van der Waals surface area contributed by atoms with Gasteiger partial charge >= 0.3 is 0 Å². The van der Waals surface area contributed by atoms with E-state index >= 15 is 0 Å². The first-order valence-corrected chi connectivity index (χ1v) is 1.91. The lowest BCUT2D eigenvalue weighted by atomic mass is 10.2. The third kappa shape index (κ3) is 1.90. The van der Waals surface area contributed by atoms with Gasteiger partial charge in [0.1, 0.15) is 5.94 Å². The molecule has 0 aromatic heterocycles. The Morgan fingerprint density at radius 1 is 1.43 bits per heavy atom. The molecule has 0 heterocycles. The zero-order chi connectivity index (χ0) is 5.86. The van der Waals surface area contributed by atoms with Gasteiger partial charge in [-0.25, -0.2) is 4.79 Å². The second-order valence-electron chi connectivity index (χ2n) is 1.28. The van der Waals surface area contributed by atoms with Crippen molar-refractivity contribution in [3.8, 4) is 0 Å². The van der Waals surface area contributed by atoms with E-state index in [9.17, 15) is 9.59 Å². The molecule has 0 atom stereocenters. The predicted molar refractivity (Wildman–Crippen MR) is 25.6 cm³/mol. The van der Waals surface area contributed by atoms with E-state index in [-0.39, 0.29) is 11.4 Å². The van der Waals surface area contributed by atoms with E-state index in [2.05, 4.69) is 0 Å². The summed E-state index contributed by atoms with van der Waals surface area (Å²) in [6.07, 6.45) is 0. The molecule has 0 saturated heterocycles. The lowest BCUT2D eigenvalue weighted by molar-refractivity contribution is -0.113. The maximum Gasteiger partial charge on any atom is 0.166 e. The zero-order valence-corrected chi connectivity index (χ0v) is 4.32. The zero-order valence-electron chi connectivity index (χ0n) is 4.32. The number of rotatable bonds is 1. The lowest BCUT2D eigenvalue weighted by Gasteiger charge is -1.77. The van der Waals surface area contributed by atoms with Crippen LogP contribution in [0.2, 0.25) is 0 Å². The fourth-order valence-corrected chi connectivity index (χ4v) is 0.0719. The summed E-state index contributed by atoms with van der Waals surface area (Å²) in [4.78, 5) is 19.6. The Morgan fingerprint density at radius 2 is 1.86 bits per heavy atom. The summed E-state index contributed by atoms with van der Waals surface area (Å²) in [5.74, 6) is 1.27. The van der Waals surface area contributed by atoms with Crippen LogP contribution in [0.1, 0.15) is 13.8 Å². The summed E-state index contributed by atoms with van der Waals surface area (Å²) in [5, 5.41) is 0. The first kappa shape index (κ1) is 6.12. The van der Waals surface area contributed by atoms with Crippen molar-refractivity contribution < 1.29 is 9.59 Å². The highest BCUT2D eigenvalue weighted by Crippen LogP contribution is 1.82. The Kier molecular flexibility index (Phi) is 2.03. The average molecular weight is 98.1 g/mol. The van der Waals surface area contributed by atoms with Crippen LogP contribution in [0.15, 0.2) is 5.57 Å². The van der Waals surface area contributed by atoms with Crippen LogP contribution in [-0.2, 0) is 9.59 Å². The van der Waals surface area contributed by atoms with Crippen molar-refractivity contribution in [2.75, 3.05) is 0 Å². The van der Waals surface area contributed by atoms with E-state index in [1.807, 2.05) is 0 Å². The first-order valence-electron chi connectivity index (χ1n) is 1.91. The molecule has 38 valence electrons. The van der Waals surface area contributed by atoms with Crippen LogP contribution in [-0.4, -0.2) is 11.7 Å². The second-order valence-corrected chi connectivity index (χ2v) is 1.28. The monoisotopic (exact) mass is 98.0 g/mol. The summed E-state index contributed by atoms with van der Waals surface area (Å²) < 4.78 is 0. The second kappa shape index (κ2) is 2.32. The van der Waals surface area contributed by atoms with Crippen LogP contribution in [0.4, 0.5) is 0 Å². The summed E-state index contributed by atoms with van der Waals surface area (Å²) in [6.45, 7) is 2.77. The van der Waals surface area contributed by atoms with E-state index in [1.54, 1.807) is 0 Å². The van der Waals surface area contributed by atoms with Gasteiger partial charge in [-0.05, 0) is 13.8 Å². The minimum absolute atomic E-state index is 0.153. The highest BCUT2D eigenvalue weighted by molar-refractivity contribution is 5.99. The molecule has 0 unspecified atom stereocenters. The van der Waals surface area contributed by atoms with Crippen molar-refractivity contribution in [3.63, 3.8) is 0 Å². The van der Waals surface area contributed by atoms with E-state index in [0.29, 0.717) is 0 Å². The minimum atomic E-state index is -0.213. The van der Waals surface area contributed by atoms with Gasteiger partial charge in [0, 0.05) is 0 Å². The molecule has 0 aromatic rings. The molecule has 0 amide bonds. The Bertz CT molecular complexity index is 129. The molecule has 0 bridgehead atoms. The maximum absolute atomic E-state index is 10.1. The largest absolute Gasteiger partial charge is 0.294 e. The summed E-state index contributed by atoms with van der Waals surface area (Å²) in [7, 11) is 0. The van der Waals surface area contributed by atoms with Gasteiger partial charge in [-0.15, -0.1) is 0 Å². The Balaban J connectivity index is 4.10. The molecule has 2 heteroatoms. The highest BCUT2D eigenvalue weighted by atomic mass is 16.1. The molecule has 0 aliphatic carbocycles. The van der Waals surface area contributed by atoms with Gasteiger partial charge in [-0.3, -0.25) is 4.79 Å². The number of Topliss-reactive ketones (excluding diaryl/α,β-unsaturated/α-hetero) is 1. The standard InChI is InChI=1S/C5H6O2/c1-4(3-6)5(2)7/h1-2H3. The quantitative estimate of drug-likeness (QED) is 0.350. The first-order chi connectivity index (χ1) is 3.18. The van der Waals surface area contributed by atoms with E-state index in [4.69, 9.17) is 0 Å². The van der Waals surface area contributed by atoms with Gasteiger partial charge in [0.25, 0.3) is 0 Å². The van der Waals surface area contributed by atoms with E-state index in [0.717, 1.165) is 0 Å². The summed E-state index contributed by atoms with van der Waals surface area (Å²) >= 11 is 0. The number of hydrogen-bond donors (Lipinski definition) is 0. The van der Waals surface area contributed by atoms with Crippen molar-refractivity contribution in [3.05, 3.63) is 5.57 Å². The molecule has 7 heavy (non-hydrogen) atoms. The third-order valence-corrected chi connectivity index (χ3v) is 0.681. The molecule has 0 fully saturated rings. The molecule has 0 aliphatic heterocycles. The van der Waals surface area contributed by atoms with Crippen LogP contribution in [0.5, 0.6) is 0 Å². The van der Waals surface area contributed by atoms with Crippen molar-refractivity contribution in [2.45, 2.75) is 13.8 Å². The van der Waals surface area contributed by atoms with Crippen LogP contribution in [0.25, 0.3) is 0 Å². The lowest BCUT2D eigenvalue weighted by Crippen LogP contribution is -1.90. The fourth-order valence-electron chi connectivity index (χ4n) is 0.0719. The number of allylic oxidation sites excluding steroid dienone is 1. The molecule has 2 nitrogen and oxygen atoms in total. The molecule has 0 spiro atoms. The SMILES string of the molecule is CC(=O)C(C)=C=O. The Morgan fingerprint density at radius 3 is 1.86 bits per heavy atom. The van der Waals surface area contributed by atoms with Crippen LogP contribution < -0.4 is 0 Å². The van der Waals surface area contributed by atoms with Crippen LogP contribution in [0.3, 0.4) is 0 Å². The predicted octanol–water partition coefficient (Wildman–Crippen LogP) is 0.353. The van der Waals surface area contributed by atoms with Gasteiger partial charge in [-0.1, -0.05) is 0 Å². The fraction of sp³-hybridized carbons (Fsp3) is 0.400. The summed E-state index contributed by atoms with van der Waals surface area (Å²) in [5.41, 5.74) is 0.153. The topological polar surface area (TPSA) is 34.1 Å². The van der Waals surface area contributed by atoms with Crippen LogP contribution in [0, 0.1) is 0 Å². The normalized spacial score (nSPS) is 7.14. The van der Waals surface area contributed by atoms with Crippen molar-refractivity contribution in [2.24, 2.45) is 0 Å². The Hall–Kier alpha value is -0.880. The molecule has 0 rings (SSSR count). The number of carbonyl (C=O) groups excluding carboxylic acids is 2. The maximum atomic E-state index is 10.1. The molecular formula is C5H6O2. The van der Waals surface area contributed by atoms with Crippen molar-refractivity contribution >= 4 is 11.7 Å². The molecular weight excluding hydrogens is 92.1 g/mol. The van der Waals surface area contributed by atoms with Gasteiger partial charge in [0.2, 0.25) is 0 Å². The molecule has 0 N–H and O–H groups in total. The molecule has 0 aliphatic rings.